The lowest BCUT2D eigenvalue weighted by atomic mass is 10.1. The van der Waals surface area contributed by atoms with E-state index in [1.807, 2.05) is 20.8 Å². The summed E-state index contributed by atoms with van der Waals surface area (Å²) in [6.07, 6.45) is 0.505. The number of likely N-dealkylation sites (N-methyl/N-ethyl adjacent to an activating group) is 1. The SMILES string of the molecule is CCNC(=O)[C@H]1O[C@@H](n2cnc3c(Cl)ncnc32)[C@@H]2OC(C)(C)O[C@@H]21. The van der Waals surface area contributed by atoms with Gasteiger partial charge in [-0.1, -0.05) is 11.6 Å². The number of amides is 1. The Kier molecular flexibility index (Phi) is 3.91. The van der Waals surface area contributed by atoms with Crippen LogP contribution >= 0.6 is 11.6 Å². The quantitative estimate of drug-likeness (QED) is 0.808. The standard InChI is InChI=1S/C15H18ClN5O4/c1-4-17-13(22)9-8-10(25-15(2,3)24-8)14(23-9)21-6-20-7-11(16)18-5-19-12(7)21/h5-6,8-10,14H,4H2,1-3H3,(H,17,22)/t8-,9+,10-,14-/m1/s1. The minimum atomic E-state index is -0.814. The van der Waals surface area contributed by atoms with Crippen molar-refractivity contribution in [2.75, 3.05) is 6.54 Å². The number of aromatic nitrogens is 4. The molecule has 2 aliphatic heterocycles. The van der Waals surface area contributed by atoms with E-state index in [1.54, 1.807) is 10.9 Å². The number of ether oxygens (including phenoxy) is 3. The molecule has 2 aromatic rings. The summed E-state index contributed by atoms with van der Waals surface area (Å²) >= 11 is 6.07. The van der Waals surface area contributed by atoms with Crippen LogP contribution in [0.25, 0.3) is 11.2 Å². The summed E-state index contributed by atoms with van der Waals surface area (Å²) in [4.78, 5) is 24.8. The van der Waals surface area contributed by atoms with E-state index in [2.05, 4.69) is 20.3 Å². The number of imidazole rings is 1. The molecule has 9 nitrogen and oxygen atoms in total. The van der Waals surface area contributed by atoms with Gasteiger partial charge in [0.15, 0.2) is 28.9 Å². The molecule has 25 heavy (non-hydrogen) atoms. The topological polar surface area (TPSA) is 100 Å². The van der Waals surface area contributed by atoms with Gasteiger partial charge in [0, 0.05) is 6.54 Å². The second kappa shape index (κ2) is 5.87. The molecule has 0 saturated carbocycles. The fourth-order valence-electron chi connectivity index (χ4n) is 3.30. The maximum atomic E-state index is 12.4. The van der Waals surface area contributed by atoms with Gasteiger partial charge in [-0.25, -0.2) is 15.0 Å². The van der Waals surface area contributed by atoms with Crippen molar-refractivity contribution in [3.63, 3.8) is 0 Å². The van der Waals surface area contributed by atoms with E-state index in [1.165, 1.54) is 6.33 Å². The Morgan fingerprint density at radius 3 is 2.84 bits per heavy atom. The Morgan fingerprint density at radius 1 is 1.32 bits per heavy atom. The van der Waals surface area contributed by atoms with Crippen molar-refractivity contribution >= 4 is 28.7 Å². The molecule has 2 fully saturated rings. The highest BCUT2D eigenvalue weighted by atomic mass is 35.5. The Bertz CT molecular complexity index is 825. The molecule has 1 amide bonds. The molecular weight excluding hydrogens is 350 g/mol. The Morgan fingerprint density at radius 2 is 2.08 bits per heavy atom. The van der Waals surface area contributed by atoms with E-state index in [9.17, 15) is 4.79 Å². The zero-order valence-corrected chi connectivity index (χ0v) is 14.7. The van der Waals surface area contributed by atoms with Crippen LogP contribution in [-0.2, 0) is 19.0 Å². The zero-order chi connectivity index (χ0) is 17.8. The van der Waals surface area contributed by atoms with Crippen molar-refractivity contribution in [3.8, 4) is 0 Å². The van der Waals surface area contributed by atoms with Crippen LogP contribution in [0.4, 0.5) is 0 Å². The average Bonchev–Trinajstić information content (AvgIpc) is 3.18. The van der Waals surface area contributed by atoms with Gasteiger partial charge in [-0.15, -0.1) is 0 Å². The molecule has 0 aromatic carbocycles. The third-order valence-electron chi connectivity index (χ3n) is 4.23. The van der Waals surface area contributed by atoms with Crippen molar-refractivity contribution < 1.29 is 19.0 Å². The fourth-order valence-corrected chi connectivity index (χ4v) is 3.47. The highest BCUT2D eigenvalue weighted by molar-refractivity contribution is 6.33. The van der Waals surface area contributed by atoms with E-state index < -0.39 is 30.3 Å². The summed E-state index contributed by atoms with van der Waals surface area (Å²) in [6, 6.07) is 0. The van der Waals surface area contributed by atoms with Gasteiger partial charge in [0.25, 0.3) is 5.91 Å². The first-order chi connectivity index (χ1) is 11.9. The van der Waals surface area contributed by atoms with Crippen LogP contribution in [0.5, 0.6) is 0 Å². The maximum Gasteiger partial charge on any atom is 0.252 e. The average molecular weight is 368 g/mol. The summed E-state index contributed by atoms with van der Waals surface area (Å²) in [5, 5.41) is 3.02. The molecule has 4 atom stereocenters. The van der Waals surface area contributed by atoms with Gasteiger partial charge in [0.1, 0.15) is 24.1 Å². The first-order valence-corrected chi connectivity index (χ1v) is 8.41. The highest BCUT2D eigenvalue weighted by Crippen LogP contribution is 2.43. The lowest BCUT2D eigenvalue weighted by Crippen LogP contribution is -2.42. The largest absolute Gasteiger partial charge is 0.354 e. The number of nitrogens with zero attached hydrogens (tertiary/aromatic N) is 4. The van der Waals surface area contributed by atoms with Gasteiger partial charge >= 0.3 is 0 Å². The first kappa shape index (κ1) is 16.6. The number of rotatable bonds is 3. The predicted molar refractivity (Wildman–Crippen MR) is 86.8 cm³/mol. The van der Waals surface area contributed by atoms with Crippen molar-refractivity contribution in [3.05, 3.63) is 17.8 Å². The Labute approximate surface area is 148 Å². The van der Waals surface area contributed by atoms with E-state index in [0.29, 0.717) is 17.7 Å². The van der Waals surface area contributed by atoms with Gasteiger partial charge in [-0.3, -0.25) is 9.36 Å². The first-order valence-electron chi connectivity index (χ1n) is 8.03. The Hall–Kier alpha value is -1.81. The second-order valence-electron chi connectivity index (χ2n) is 6.40. The molecular formula is C15H18ClN5O4. The van der Waals surface area contributed by atoms with Crippen molar-refractivity contribution in [1.82, 2.24) is 24.8 Å². The lowest BCUT2D eigenvalue weighted by molar-refractivity contribution is -0.197. The lowest BCUT2D eigenvalue weighted by Gasteiger charge is -2.24. The molecule has 0 bridgehead atoms. The molecule has 0 unspecified atom stereocenters. The van der Waals surface area contributed by atoms with E-state index in [0.717, 1.165) is 0 Å². The van der Waals surface area contributed by atoms with Crippen LogP contribution in [0.2, 0.25) is 5.15 Å². The van der Waals surface area contributed by atoms with E-state index in [-0.39, 0.29) is 11.1 Å². The van der Waals surface area contributed by atoms with Crippen molar-refractivity contribution in [2.45, 2.75) is 51.1 Å². The molecule has 1 N–H and O–H groups in total. The molecule has 10 heteroatoms. The summed E-state index contributed by atoms with van der Waals surface area (Å²) in [5.74, 6) is -1.05. The summed E-state index contributed by atoms with van der Waals surface area (Å²) in [7, 11) is 0. The summed E-state index contributed by atoms with van der Waals surface area (Å²) in [6.45, 7) is 5.96. The molecule has 2 aromatic heterocycles. The minimum absolute atomic E-state index is 0.238. The molecule has 0 radical (unpaired) electrons. The summed E-state index contributed by atoms with van der Waals surface area (Å²) < 4.78 is 19.6. The number of hydrogen-bond donors (Lipinski definition) is 1. The normalized spacial score (nSPS) is 30.6. The van der Waals surface area contributed by atoms with Crippen molar-refractivity contribution in [1.29, 1.82) is 0 Å². The number of carbonyl (C=O) groups is 1. The van der Waals surface area contributed by atoms with Gasteiger partial charge < -0.3 is 19.5 Å². The highest BCUT2D eigenvalue weighted by Gasteiger charge is 2.58. The molecule has 134 valence electrons. The van der Waals surface area contributed by atoms with Crippen LogP contribution in [0.1, 0.15) is 27.0 Å². The number of hydrogen-bond acceptors (Lipinski definition) is 7. The molecule has 4 rings (SSSR count). The number of carbonyl (C=O) groups excluding carboxylic acids is 1. The molecule has 2 aliphatic rings. The molecule has 0 aliphatic carbocycles. The number of nitrogens with one attached hydrogen (secondary N) is 1. The van der Waals surface area contributed by atoms with Gasteiger partial charge in [0.05, 0.1) is 6.33 Å². The number of halogens is 1. The minimum Gasteiger partial charge on any atom is -0.354 e. The fraction of sp³-hybridized carbons (Fsp3) is 0.600. The molecule has 4 heterocycles. The summed E-state index contributed by atoms with van der Waals surface area (Å²) in [5.41, 5.74) is 0.970. The van der Waals surface area contributed by atoms with Crippen LogP contribution < -0.4 is 5.32 Å². The van der Waals surface area contributed by atoms with Crippen LogP contribution in [0.15, 0.2) is 12.7 Å². The molecule has 2 saturated heterocycles. The van der Waals surface area contributed by atoms with Crippen LogP contribution in [0, 0.1) is 0 Å². The predicted octanol–water partition coefficient (Wildman–Crippen LogP) is 1.03. The third kappa shape index (κ3) is 2.67. The van der Waals surface area contributed by atoms with Gasteiger partial charge in [-0.05, 0) is 20.8 Å². The van der Waals surface area contributed by atoms with E-state index in [4.69, 9.17) is 25.8 Å². The second-order valence-corrected chi connectivity index (χ2v) is 6.75. The van der Waals surface area contributed by atoms with Crippen LogP contribution in [0.3, 0.4) is 0 Å². The van der Waals surface area contributed by atoms with E-state index >= 15 is 0 Å². The molecule has 0 spiro atoms. The van der Waals surface area contributed by atoms with Gasteiger partial charge in [0.2, 0.25) is 0 Å². The Balaban J connectivity index is 1.73. The van der Waals surface area contributed by atoms with Crippen LogP contribution in [-0.4, -0.2) is 56.1 Å². The van der Waals surface area contributed by atoms with Crippen molar-refractivity contribution in [2.24, 2.45) is 0 Å². The smallest absolute Gasteiger partial charge is 0.252 e. The monoisotopic (exact) mass is 367 g/mol. The maximum absolute atomic E-state index is 12.4. The van der Waals surface area contributed by atoms with Gasteiger partial charge in [-0.2, -0.15) is 0 Å². The number of fused-ring (bicyclic) bond motifs is 2. The third-order valence-corrected chi connectivity index (χ3v) is 4.50. The zero-order valence-electron chi connectivity index (χ0n) is 14.0.